The van der Waals surface area contributed by atoms with Gasteiger partial charge in [0.2, 0.25) is 5.91 Å². The summed E-state index contributed by atoms with van der Waals surface area (Å²) in [6.07, 6.45) is 0.880. The molecule has 2 aliphatic rings. The highest BCUT2D eigenvalue weighted by atomic mass is 32.2. The Morgan fingerprint density at radius 3 is 2.60 bits per heavy atom. The average molecular weight is 443 g/mol. The molecule has 4 rings (SSSR count). The van der Waals surface area contributed by atoms with Crippen molar-refractivity contribution in [3.8, 4) is 0 Å². The van der Waals surface area contributed by atoms with Crippen LogP contribution in [0, 0.1) is 0 Å². The van der Waals surface area contributed by atoms with E-state index in [2.05, 4.69) is 4.99 Å². The second-order valence-corrected chi connectivity index (χ2v) is 10.9. The molecule has 2 atom stereocenters. The first kappa shape index (κ1) is 20.8. The summed E-state index contributed by atoms with van der Waals surface area (Å²) >= 11 is 1.34. The number of amides is 1. The highest BCUT2D eigenvalue weighted by molar-refractivity contribution is 8.16. The van der Waals surface area contributed by atoms with Gasteiger partial charge < -0.3 is 4.90 Å². The molecule has 2 aromatic rings. The molecule has 0 N–H and O–H groups in total. The maximum absolute atomic E-state index is 12.6. The van der Waals surface area contributed by atoms with Crippen LogP contribution in [0.15, 0.2) is 59.6 Å². The van der Waals surface area contributed by atoms with Crippen molar-refractivity contribution in [1.82, 2.24) is 0 Å². The lowest BCUT2D eigenvalue weighted by atomic mass is 10.1. The van der Waals surface area contributed by atoms with Crippen LogP contribution in [0.4, 0.5) is 5.69 Å². The van der Waals surface area contributed by atoms with E-state index in [-0.39, 0.29) is 40.9 Å². The molecule has 30 heavy (non-hydrogen) atoms. The fraction of sp³-hybridized carbons (Fsp3) is 0.318. The molecular weight excluding hydrogens is 420 g/mol. The second kappa shape index (κ2) is 8.35. The monoisotopic (exact) mass is 442 g/mol. The molecule has 2 heterocycles. The van der Waals surface area contributed by atoms with Crippen molar-refractivity contribution in [2.75, 3.05) is 16.4 Å². The van der Waals surface area contributed by atoms with Gasteiger partial charge in [0.25, 0.3) is 0 Å². The summed E-state index contributed by atoms with van der Waals surface area (Å²) in [4.78, 5) is 30.6. The van der Waals surface area contributed by atoms with Crippen LogP contribution in [0.5, 0.6) is 0 Å². The van der Waals surface area contributed by atoms with Crippen LogP contribution in [-0.4, -0.2) is 48.1 Å². The number of hydrogen-bond acceptors (Lipinski definition) is 5. The van der Waals surface area contributed by atoms with Crippen LogP contribution in [0.1, 0.15) is 29.3 Å². The number of carbonyl (C=O) groups is 2. The molecule has 1 amide bonds. The van der Waals surface area contributed by atoms with Gasteiger partial charge in [0, 0.05) is 22.9 Å². The van der Waals surface area contributed by atoms with E-state index in [1.807, 2.05) is 41.3 Å². The van der Waals surface area contributed by atoms with Gasteiger partial charge in [0.05, 0.1) is 17.5 Å². The number of hydrogen-bond donors (Lipinski definition) is 0. The van der Waals surface area contributed by atoms with Crippen molar-refractivity contribution >= 4 is 44.1 Å². The number of anilines is 1. The maximum atomic E-state index is 12.6. The predicted octanol–water partition coefficient (Wildman–Crippen LogP) is 3.12. The van der Waals surface area contributed by atoms with Gasteiger partial charge in [-0.2, -0.15) is 4.99 Å². The molecule has 6 nitrogen and oxygen atoms in total. The van der Waals surface area contributed by atoms with Crippen LogP contribution >= 0.6 is 11.8 Å². The third-order valence-corrected chi connectivity index (χ3v) is 8.50. The second-order valence-electron chi connectivity index (χ2n) is 7.55. The molecule has 0 radical (unpaired) electrons. The molecule has 0 aliphatic carbocycles. The Morgan fingerprint density at radius 1 is 1.10 bits per heavy atom. The van der Waals surface area contributed by atoms with Crippen LogP contribution < -0.4 is 4.90 Å². The summed E-state index contributed by atoms with van der Waals surface area (Å²) in [5, 5.41) is 0.343. The Bertz CT molecular complexity index is 1110. The number of thioether (sulfide) groups is 1. The highest BCUT2D eigenvalue weighted by Crippen LogP contribution is 2.41. The molecule has 0 aromatic heterocycles. The van der Waals surface area contributed by atoms with Gasteiger partial charge in [0.15, 0.2) is 20.8 Å². The molecule has 0 spiro atoms. The minimum atomic E-state index is -3.14. The third-order valence-electron chi connectivity index (χ3n) is 5.29. The molecule has 2 saturated heterocycles. The van der Waals surface area contributed by atoms with E-state index < -0.39 is 9.84 Å². The lowest BCUT2D eigenvalue weighted by Crippen LogP contribution is -2.37. The quantitative estimate of drug-likeness (QED) is 0.662. The average Bonchev–Trinajstić information content (AvgIpc) is 3.17. The van der Waals surface area contributed by atoms with Crippen molar-refractivity contribution < 1.29 is 18.0 Å². The SMILES string of the molecule is CC(=O)c1cccc(N2C(=NC(=O)CCc3ccccc3)S[C@@H]3CS(=O)(=O)C[C@H]32)c1. The van der Waals surface area contributed by atoms with Gasteiger partial charge >= 0.3 is 0 Å². The Balaban J connectivity index is 1.61. The number of aryl methyl sites for hydroxylation is 1. The number of nitrogens with zero attached hydrogens (tertiary/aromatic N) is 2. The summed E-state index contributed by atoms with van der Waals surface area (Å²) in [6.45, 7) is 1.49. The topological polar surface area (TPSA) is 83.9 Å². The number of fused-ring (bicyclic) bond motifs is 1. The van der Waals surface area contributed by atoms with Crippen LogP contribution in [0.2, 0.25) is 0 Å². The van der Waals surface area contributed by atoms with Crippen molar-refractivity contribution in [2.45, 2.75) is 31.1 Å². The summed E-state index contributed by atoms with van der Waals surface area (Å²) in [7, 11) is -3.14. The lowest BCUT2D eigenvalue weighted by Gasteiger charge is -2.24. The van der Waals surface area contributed by atoms with Crippen molar-refractivity contribution in [3.63, 3.8) is 0 Å². The van der Waals surface area contributed by atoms with Crippen molar-refractivity contribution in [2.24, 2.45) is 4.99 Å². The summed E-state index contributed by atoms with van der Waals surface area (Å²) in [5.74, 6) is -0.220. The van der Waals surface area contributed by atoms with E-state index in [1.54, 1.807) is 18.2 Å². The molecule has 8 heteroatoms. The number of amidine groups is 1. The minimum Gasteiger partial charge on any atom is -0.316 e. The largest absolute Gasteiger partial charge is 0.316 e. The summed E-state index contributed by atoms with van der Waals surface area (Å²) in [6, 6.07) is 16.5. The molecular formula is C22H22N2O4S2. The zero-order valence-electron chi connectivity index (χ0n) is 16.5. The molecule has 0 saturated carbocycles. The van der Waals surface area contributed by atoms with Crippen LogP contribution in [0.25, 0.3) is 0 Å². The van der Waals surface area contributed by atoms with Crippen LogP contribution in [0.3, 0.4) is 0 Å². The highest BCUT2D eigenvalue weighted by Gasteiger charge is 2.49. The van der Waals surface area contributed by atoms with Gasteiger partial charge in [-0.05, 0) is 31.0 Å². The molecule has 0 unspecified atom stereocenters. The van der Waals surface area contributed by atoms with E-state index >= 15 is 0 Å². The summed E-state index contributed by atoms with van der Waals surface area (Å²) < 4.78 is 24.4. The smallest absolute Gasteiger partial charge is 0.248 e. The van der Waals surface area contributed by atoms with E-state index in [4.69, 9.17) is 0 Å². The van der Waals surface area contributed by atoms with Gasteiger partial charge in [-0.3, -0.25) is 9.59 Å². The van der Waals surface area contributed by atoms with E-state index in [0.717, 1.165) is 5.56 Å². The normalized spacial score (nSPS) is 23.5. The zero-order chi connectivity index (χ0) is 21.3. The Labute approximate surface area is 180 Å². The number of sulfone groups is 1. The van der Waals surface area contributed by atoms with Gasteiger partial charge in [-0.15, -0.1) is 0 Å². The van der Waals surface area contributed by atoms with Crippen molar-refractivity contribution in [1.29, 1.82) is 0 Å². The molecule has 2 fully saturated rings. The van der Waals surface area contributed by atoms with Gasteiger partial charge in [-0.25, -0.2) is 8.42 Å². The fourth-order valence-electron chi connectivity index (χ4n) is 3.80. The van der Waals surface area contributed by atoms with Gasteiger partial charge in [0.1, 0.15) is 0 Å². The lowest BCUT2D eigenvalue weighted by molar-refractivity contribution is -0.117. The molecule has 2 aliphatic heterocycles. The van der Waals surface area contributed by atoms with Crippen molar-refractivity contribution in [3.05, 3.63) is 65.7 Å². The first-order valence-corrected chi connectivity index (χ1v) is 12.5. The summed E-state index contributed by atoms with van der Waals surface area (Å²) in [5.41, 5.74) is 2.30. The standard InChI is InChI=1S/C22H22N2O4S2/c1-15(25)17-8-5-9-18(12-17)24-19-13-30(27,28)14-20(19)29-22(24)23-21(26)11-10-16-6-3-2-4-7-16/h2-9,12,19-20H,10-11,13-14H2,1H3/t19-,20-/m1/s1. The van der Waals surface area contributed by atoms with E-state index in [9.17, 15) is 18.0 Å². The number of carbonyl (C=O) groups excluding carboxylic acids is 2. The Kier molecular flexibility index (Phi) is 5.79. The molecule has 2 aromatic carbocycles. The predicted molar refractivity (Wildman–Crippen MR) is 120 cm³/mol. The third kappa shape index (κ3) is 4.49. The molecule has 156 valence electrons. The number of ketones is 1. The number of aliphatic imine (C=N–C) groups is 1. The Hall–Kier alpha value is -2.45. The van der Waals surface area contributed by atoms with E-state index in [1.165, 1.54) is 18.7 Å². The van der Waals surface area contributed by atoms with Gasteiger partial charge in [-0.1, -0.05) is 54.2 Å². The van der Waals surface area contributed by atoms with E-state index in [0.29, 0.717) is 22.8 Å². The Morgan fingerprint density at radius 2 is 1.87 bits per heavy atom. The maximum Gasteiger partial charge on any atom is 0.248 e. The fourth-order valence-corrected chi connectivity index (χ4v) is 7.73. The van der Waals surface area contributed by atoms with Crippen LogP contribution in [-0.2, 0) is 21.1 Å². The molecule has 0 bridgehead atoms. The minimum absolute atomic E-state index is 0.0200. The zero-order valence-corrected chi connectivity index (χ0v) is 18.2. The first-order valence-electron chi connectivity index (χ1n) is 9.75. The number of Topliss-reactive ketones (excluding diaryl/α,β-unsaturated/α-hetero) is 1. The first-order chi connectivity index (χ1) is 14.3. The number of benzene rings is 2. The number of rotatable bonds is 5.